The van der Waals surface area contributed by atoms with Crippen LogP contribution in [0.4, 0.5) is 5.69 Å². The Kier molecular flexibility index (Phi) is 5.24. The summed E-state index contributed by atoms with van der Waals surface area (Å²) in [5.41, 5.74) is 3.64. The molecular formula is C17H23ClN2. The minimum Gasteiger partial charge on any atom is -0.337 e. The van der Waals surface area contributed by atoms with Crippen LogP contribution < -0.4 is 0 Å². The van der Waals surface area contributed by atoms with E-state index in [1.165, 1.54) is 17.8 Å². The number of likely N-dealkylation sites (tertiary alicyclic amines) is 1. The maximum atomic E-state index is 6.00. The number of rotatable bonds is 4. The van der Waals surface area contributed by atoms with E-state index in [9.17, 15) is 0 Å². The van der Waals surface area contributed by atoms with Gasteiger partial charge in [-0.1, -0.05) is 31.0 Å². The van der Waals surface area contributed by atoms with E-state index >= 15 is 0 Å². The SMILES string of the molecule is CCC(=CN1CCCC1=Nc1ccc(Cl)cc1C)CC. The van der Waals surface area contributed by atoms with Gasteiger partial charge in [0.1, 0.15) is 5.84 Å². The molecule has 3 heteroatoms. The lowest BCUT2D eigenvalue weighted by Gasteiger charge is -2.16. The number of hydrogen-bond acceptors (Lipinski definition) is 1. The topological polar surface area (TPSA) is 15.6 Å². The summed E-state index contributed by atoms with van der Waals surface area (Å²) < 4.78 is 0. The van der Waals surface area contributed by atoms with Gasteiger partial charge in [0, 0.05) is 24.2 Å². The van der Waals surface area contributed by atoms with Crippen LogP contribution in [0.15, 0.2) is 35.0 Å². The van der Waals surface area contributed by atoms with Crippen LogP contribution in [0.5, 0.6) is 0 Å². The molecule has 0 unspecified atom stereocenters. The van der Waals surface area contributed by atoms with Gasteiger partial charge in [-0.3, -0.25) is 0 Å². The van der Waals surface area contributed by atoms with Crippen LogP contribution in [-0.2, 0) is 0 Å². The van der Waals surface area contributed by atoms with Crippen molar-refractivity contribution in [3.63, 3.8) is 0 Å². The minimum absolute atomic E-state index is 0.772. The molecule has 1 fully saturated rings. The van der Waals surface area contributed by atoms with Gasteiger partial charge < -0.3 is 4.90 Å². The predicted octanol–water partition coefficient (Wildman–Crippen LogP) is 5.48. The molecule has 0 saturated carbocycles. The normalized spacial score (nSPS) is 16.8. The Hall–Kier alpha value is -1.28. The Labute approximate surface area is 127 Å². The number of aryl methyl sites for hydroxylation is 1. The van der Waals surface area contributed by atoms with E-state index < -0.39 is 0 Å². The van der Waals surface area contributed by atoms with E-state index in [1.54, 1.807) is 0 Å². The monoisotopic (exact) mass is 290 g/mol. The zero-order valence-electron chi connectivity index (χ0n) is 12.6. The molecule has 2 nitrogen and oxygen atoms in total. The average molecular weight is 291 g/mol. The van der Waals surface area contributed by atoms with Gasteiger partial charge in [-0.2, -0.15) is 0 Å². The van der Waals surface area contributed by atoms with E-state index in [4.69, 9.17) is 16.6 Å². The van der Waals surface area contributed by atoms with Gasteiger partial charge >= 0.3 is 0 Å². The summed E-state index contributed by atoms with van der Waals surface area (Å²) in [4.78, 5) is 7.16. The molecule has 1 aliphatic rings. The first kappa shape index (κ1) is 15.1. The van der Waals surface area contributed by atoms with Gasteiger partial charge in [-0.25, -0.2) is 4.99 Å². The van der Waals surface area contributed by atoms with Crippen molar-refractivity contribution in [1.82, 2.24) is 4.90 Å². The number of allylic oxidation sites excluding steroid dienone is 1. The quantitative estimate of drug-likeness (QED) is 0.717. The fraction of sp³-hybridized carbons (Fsp3) is 0.471. The molecule has 0 spiro atoms. The second-order valence-electron chi connectivity index (χ2n) is 5.25. The molecule has 1 heterocycles. The predicted molar refractivity (Wildman–Crippen MR) is 87.9 cm³/mol. The fourth-order valence-electron chi connectivity index (χ4n) is 2.48. The lowest BCUT2D eigenvalue weighted by atomic mass is 10.2. The van der Waals surface area contributed by atoms with E-state index in [1.807, 2.05) is 18.2 Å². The molecule has 0 bridgehead atoms. The summed E-state index contributed by atoms with van der Waals surface area (Å²) in [5.74, 6) is 1.18. The number of amidine groups is 1. The Morgan fingerprint density at radius 1 is 1.35 bits per heavy atom. The lowest BCUT2D eigenvalue weighted by molar-refractivity contribution is 0.592. The molecule has 0 N–H and O–H groups in total. The van der Waals surface area contributed by atoms with Crippen LogP contribution in [0.3, 0.4) is 0 Å². The largest absolute Gasteiger partial charge is 0.337 e. The first-order valence-electron chi connectivity index (χ1n) is 7.44. The first-order valence-corrected chi connectivity index (χ1v) is 7.81. The average Bonchev–Trinajstić information content (AvgIpc) is 2.86. The van der Waals surface area contributed by atoms with Gasteiger partial charge in [0.2, 0.25) is 0 Å². The molecule has 1 aromatic carbocycles. The standard InChI is InChI=1S/C17H23ClN2/c1-4-14(5-2)12-20-10-6-7-17(20)19-16-9-8-15(18)11-13(16)3/h8-9,11-12H,4-7,10H2,1-3H3. The molecule has 2 rings (SSSR count). The van der Waals surface area contributed by atoms with Crippen LogP contribution >= 0.6 is 11.6 Å². The second kappa shape index (κ2) is 6.94. The van der Waals surface area contributed by atoms with Crippen molar-refractivity contribution < 1.29 is 0 Å². The first-order chi connectivity index (χ1) is 9.63. The van der Waals surface area contributed by atoms with Crippen LogP contribution in [-0.4, -0.2) is 17.3 Å². The van der Waals surface area contributed by atoms with Gasteiger partial charge in [-0.15, -0.1) is 0 Å². The molecule has 0 atom stereocenters. The number of nitrogens with zero attached hydrogens (tertiary/aromatic N) is 2. The molecule has 0 amide bonds. The third-order valence-electron chi connectivity index (χ3n) is 3.79. The lowest BCUT2D eigenvalue weighted by Crippen LogP contribution is -2.18. The molecule has 0 aliphatic carbocycles. The highest BCUT2D eigenvalue weighted by atomic mass is 35.5. The van der Waals surface area contributed by atoms with E-state index in [-0.39, 0.29) is 0 Å². The summed E-state index contributed by atoms with van der Waals surface area (Å²) in [6.07, 6.45) is 6.75. The summed E-state index contributed by atoms with van der Waals surface area (Å²) in [6.45, 7) is 7.57. The fourth-order valence-corrected chi connectivity index (χ4v) is 2.70. The Morgan fingerprint density at radius 2 is 2.10 bits per heavy atom. The summed E-state index contributed by atoms with van der Waals surface area (Å²) >= 11 is 6.00. The third-order valence-corrected chi connectivity index (χ3v) is 4.02. The molecule has 1 aliphatic heterocycles. The molecule has 1 aromatic rings. The van der Waals surface area contributed by atoms with E-state index in [0.29, 0.717) is 0 Å². The van der Waals surface area contributed by atoms with Crippen molar-refractivity contribution in [2.45, 2.75) is 46.5 Å². The molecule has 108 valence electrons. The van der Waals surface area contributed by atoms with Gasteiger partial charge in [-0.05, 0) is 49.9 Å². The zero-order valence-corrected chi connectivity index (χ0v) is 13.4. The van der Waals surface area contributed by atoms with Crippen molar-refractivity contribution >= 4 is 23.1 Å². The molecule has 0 aromatic heterocycles. The number of benzene rings is 1. The zero-order chi connectivity index (χ0) is 14.5. The van der Waals surface area contributed by atoms with Crippen LogP contribution in [0, 0.1) is 6.92 Å². The highest BCUT2D eigenvalue weighted by Gasteiger charge is 2.17. The molecule has 1 saturated heterocycles. The molecule has 0 radical (unpaired) electrons. The highest BCUT2D eigenvalue weighted by Crippen LogP contribution is 2.25. The maximum Gasteiger partial charge on any atom is 0.109 e. The van der Waals surface area contributed by atoms with Crippen LogP contribution in [0.2, 0.25) is 5.02 Å². The van der Waals surface area contributed by atoms with E-state index in [2.05, 4.69) is 31.9 Å². The minimum atomic E-state index is 0.772. The summed E-state index contributed by atoms with van der Waals surface area (Å²) in [7, 11) is 0. The van der Waals surface area contributed by atoms with Crippen molar-refractivity contribution in [2.24, 2.45) is 4.99 Å². The number of aliphatic imine (C=N–C) groups is 1. The third kappa shape index (κ3) is 3.63. The molecular weight excluding hydrogens is 268 g/mol. The van der Waals surface area contributed by atoms with Gasteiger partial charge in [0.25, 0.3) is 0 Å². The maximum absolute atomic E-state index is 6.00. The van der Waals surface area contributed by atoms with Gasteiger partial charge in [0.15, 0.2) is 0 Å². The Balaban J connectivity index is 2.26. The number of hydrogen-bond donors (Lipinski definition) is 0. The summed E-state index contributed by atoms with van der Waals surface area (Å²) in [5, 5.41) is 0.772. The van der Waals surface area contributed by atoms with Crippen LogP contribution in [0.25, 0.3) is 0 Å². The number of halogens is 1. The second-order valence-corrected chi connectivity index (χ2v) is 5.69. The van der Waals surface area contributed by atoms with E-state index in [0.717, 1.165) is 42.1 Å². The van der Waals surface area contributed by atoms with Crippen molar-refractivity contribution in [3.05, 3.63) is 40.6 Å². The van der Waals surface area contributed by atoms with Crippen molar-refractivity contribution in [2.75, 3.05) is 6.54 Å². The highest BCUT2D eigenvalue weighted by molar-refractivity contribution is 6.30. The smallest absolute Gasteiger partial charge is 0.109 e. The molecule has 20 heavy (non-hydrogen) atoms. The van der Waals surface area contributed by atoms with Crippen molar-refractivity contribution in [1.29, 1.82) is 0 Å². The van der Waals surface area contributed by atoms with Gasteiger partial charge in [0.05, 0.1) is 5.69 Å². The van der Waals surface area contributed by atoms with Crippen molar-refractivity contribution in [3.8, 4) is 0 Å². The summed E-state index contributed by atoms with van der Waals surface area (Å²) in [6, 6.07) is 5.89. The Morgan fingerprint density at radius 3 is 2.75 bits per heavy atom. The Bertz CT molecular complexity index is 526. The van der Waals surface area contributed by atoms with Crippen LogP contribution in [0.1, 0.15) is 45.1 Å².